The van der Waals surface area contributed by atoms with Gasteiger partial charge < -0.3 is 5.11 Å². The molecule has 0 atom stereocenters. The van der Waals surface area contributed by atoms with E-state index in [9.17, 15) is 5.11 Å². The highest BCUT2D eigenvalue weighted by atomic mass is 127. The second-order valence-corrected chi connectivity index (χ2v) is 5.19. The van der Waals surface area contributed by atoms with Crippen molar-refractivity contribution in [3.05, 3.63) is 26.6 Å². The lowest BCUT2D eigenvalue weighted by molar-refractivity contribution is 0.478. The van der Waals surface area contributed by atoms with Gasteiger partial charge in [0.05, 0.1) is 16.1 Å². The van der Waals surface area contributed by atoms with E-state index in [1.165, 1.54) is 0 Å². The maximum absolute atomic E-state index is 9.76. The highest BCUT2D eigenvalue weighted by molar-refractivity contribution is 14.1. The van der Waals surface area contributed by atoms with Crippen LogP contribution in [0.5, 0.6) is 5.75 Å². The van der Waals surface area contributed by atoms with E-state index in [0.29, 0.717) is 12.2 Å². The van der Waals surface area contributed by atoms with Gasteiger partial charge in [0, 0.05) is 15.0 Å². The van der Waals surface area contributed by atoms with Gasteiger partial charge in [-0.05, 0) is 40.8 Å². The molecule has 0 saturated heterocycles. The van der Waals surface area contributed by atoms with Crippen molar-refractivity contribution in [3.8, 4) is 11.8 Å². The van der Waals surface area contributed by atoms with E-state index in [2.05, 4.69) is 28.7 Å². The number of fused-ring (bicyclic) bond motifs is 1. The lowest BCUT2D eigenvalue weighted by atomic mass is 10.2. The van der Waals surface area contributed by atoms with E-state index in [0.717, 1.165) is 18.5 Å². The van der Waals surface area contributed by atoms with Crippen LogP contribution in [0, 0.1) is 14.9 Å². The van der Waals surface area contributed by atoms with Crippen LogP contribution < -0.4 is 0 Å². The summed E-state index contributed by atoms with van der Waals surface area (Å²) in [5.41, 5.74) is 0. The zero-order valence-corrected chi connectivity index (χ0v) is 10.1. The smallest absolute Gasteiger partial charge is 0.137 e. The molecular formula is C10H6INOS. The van der Waals surface area contributed by atoms with Crippen LogP contribution in [0.1, 0.15) is 4.88 Å². The largest absolute Gasteiger partial charge is 0.506 e. The summed E-state index contributed by atoms with van der Waals surface area (Å²) < 4.78 is 1.88. The van der Waals surface area contributed by atoms with Gasteiger partial charge in [0.25, 0.3) is 0 Å². The summed E-state index contributed by atoms with van der Waals surface area (Å²) in [7, 11) is 0. The Morgan fingerprint density at radius 2 is 2.29 bits per heavy atom. The van der Waals surface area contributed by atoms with Crippen molar-refractivity contribution in [3.63, 3.8) is 0 Å². The molecular weight excluding hydrogens is 309 g/mol. The minimum absolute atomic E-state index is 0.323. The molecule has 1 N–H and O–H groups in total. The van der Waals surface area contributed by atoms with Crippen molar-refractivity contribution >= 4 is 44.0 Å². The van der Waals surface area contributed by atoms with E-state index < -0.39 is 0 Å². The fourth-order valence-corrected chi connectivity index (χ4v) is 2.76. The second kappa shape index (κ2) is 3.75. The van der Waals surface area contributed by atoms with E-state index in [4.69, 9.17) is 5.26 Å². The molecule has 0 amide bonds. The minimum Gasteiger partial charge on any atom is -0.506 e. The lowest BCUT2D eigenvalue weighted by Gasteiger charge is -1.96. The van der Waals surface area contributed by atoms with E-state index in [1.807, 2.05) is 18.2 Å². The van der Waals surface area contributed by atoms with Gasteiger partial charge in [-0.25, -0.2) is 0 Å². The van der Waals surface area contributed by atoms with Gasteiger partial charge in [-0.2, -0.15) is 5.26 Å². The van der Waals surface area contributed by atoms with Gasteiger partial charge in [0.1, 0.15) is 5.75 Å². The van der Waals surface area contributed by atoms with Crippen LogP contribution in [-0.4, -0.2) is 5.11 Å². The van der Waals surface area contributed by atoms with E-state index >= 15 is 0 Å². The number of hydrogen-bond acceptors (Lipinski definition) is 3. The Labute approximate surface area is 98.9 Å². The quantitative estimate of drug-likeness (QED) is 0.821. The number of nitriles is 1. The molecule has 0 radical (unpaired) electrons. The van der Waals surface area contributed by atoms with Crippen LogP contribution >= 0.6 is 33.9 Å². The topological polar surface area (TPSA) is 44.0 Å². The third-order valence-electron chi connectivity index (χ3n) is 1.93. The predicted molar refractivity (Wildman–Crippen MR) is 65.5 cm³/mol. The molecule has 14 heavy (non-hydrogen) atoms. The molecule has 0 aliphatic heterocycles. The van der Waals surface area contributed by atoms with E-state index in [-0.39, 0.29) is 0 Å². The summed E-state index contributed by atoms with van der Waals surface area (Å²) in [6, 6.07) is 7.85. The number of phenols is 1. The molecule has 70 valence electrons. The first-order valence-corrected chi connectivity index (χ1v) is 5.88. The molecule has 0 saturated carbocycles. The van der Waals surface area contributed by atoms with Crippen molar-refractivity contribution in [2.75, 3.05) is 0 Å². The zero-order chi connectivity index (χ0) is 10.1. The van der Waals surface area contributed by atoms with Crippen LogP contribution in [0.3, 0.4) is 0 Å². The van der Waals surface area contributed by atoms with Crippen LogP contribution in [0.15, 0.2) is 18.2 Å². The molecule has 0 spiro atoms. The molecule has 0 aliphatic rings. The average molecular weight is 315 g/mol. The van der Waals surface area contributed by atoms with Crippen LogP contribution in [0.25, 0.3) is 10.1 Å². The molecule has 1 heterocycles. The van der Waals surface area contributed by atoms with Crippen molar-refractivity contribution < 1.29 is 5.11 Å². The van der Waals surface area contributed by atoms with E-state index in [1.54, 1.807) is 11.3 Å². The van der Waals surface area contributed by atoms with Gasteiger partial charge in [-0.1, -0.05) is 0 Å². The van der Waals surface area contributed by atoms with Gasteiger partial charge in [0.2, 0.25) is 0 Å². The Morgan fingerprint density at radius 3 is 3.00 bits per heavy atom. The van der Waals surface area contributed by atoms with Gasteiger partial charge in [0.15, 0.2) is 0 Å². The number of benzene rings is 1. The summed E-state index contributed by atoms with van der Waals surface area (Å²) >= 11 is 3.65. The Hall–Kier alpha value is -0.800. The SMILES string of the molecule is N#CCc1cc2c(O)c(I)ccc2s1. The fourth-order valence-electron chi connectivity index (χ4n) is 1.29. The molecule has 0 bridgehead atoms. The van der Waals surface area contributed by atoms with Gasteiger partial charge in [-0.15, -0.1) is 11.3 Å². The standard InChI is InChI=1S/C10H6INOS/c11-8-1-2-9-7(10(8)13)5-6(14-9)3-4-12/h1-2,5,13H,3H2. The van der Waals surface area contributed by atoms with Gasteiger partial charge in [-0.3, -0.25) is 0 Å². The molecule has 0 aliphatic carbocycles. The summed E-state index contributed by atoms with van der Waals surface area (Å²) in [5, 5.41) is 19.2. The predicted octanol–water partition coefficient (Wildman–Crippen LogP) is 3.28. The lowest BCUT2D eigenvalue weighted by Crippen LogP contribution is -1.72. The fraction of sp³-hybridized carbons (Fsp3) is 0.100. The number of rotatable bonds is 1. The molecule has 2 nitrogen and oxygen atoms in total. The Balaban J connectivity index is 2.66. The highest BCUT2D eigenvalue weighted by Crippen LogP contribution is 2.35. The third kappa shape index (κ3) is 1.57. The first kappa shape index (κ1) is 9.74. The van der Waals surface area contributed by atoms with Gasteiger partial charge >= 0.3 is 0 Å². The number of aromatic hydroxyl groups is 1. The number of halogens is 1. The molecule has 2 aromatic rings. The normalized spacial score (nSPS) is 10.3. The van der Waals surface area contributed by atoms with Crippen molar-refractivity contribution in [2.24, 2.45) is 0 Å². The summed E-state index contributed by atoms with van der Waals surface area (Å²) in [4.78, 5) is 1.000. The van der Waals surface area contributed by atoms with Crippen LogP contribution in [0.4, 0.5) is 0 Å². The molecule has 1 aromatic carbocycles. The zero-order valence-electron chi connectivity index (χ0n) is 7.12. The number of nitrogens with zero attached hydrogens (tertiary/aromatic N) is 1. The number of thiophene rings is 1. The summed E-state index contributed by atoms with van der Waals surface area (Å²) in [5.74, 6) is 0.323. The third-order valence-corrected chi connectivity index (χ3v) is 3.90. The Bertz CT molecular complexity index is 527. The monoisotopic (exact) mass is 315 g/mol. The summed E-state index contributed by atoms with van der Waals surface area (Å²) in [6.07, 6.45) is 0.412. The molecule has 1 aromatic heterocycles. The molecule has 0 fully saturated rings. The van der Waals surface area contributed by atoms with Crippen molar-refractivity contribution in [1.82, 2.24) is 0 Å². The maximum Gasteiger partial charge on any atom is 0.137 e. The van der Waals surface area contributed by atoms with Crippen molar-refractivity contribution in [2.45, 2.75) is 6.42 Å². The Morgan fingerprint density at radius 1 is 1.50 bits per heavy atom. The molecule has 4 heteroatoms. The van der Waals surface area contributed by atoms with Crippen LogP contribution in [0.2, 0.25) is 0 Å². The first-order chi connectivity index (χ1) is 6.72. The highest BCUT2D eigenvalue weighted by Gasteiger charge is 2.07. The second-order valence-electron chi connectivity index (χ2n) is 2.86. The maximum atomic E-state index is 9.76. The summed E-state index contributed by atoms with van der Waals surface area (Å²) in [6.45, 7) is 0. The average Bonchev–Trinajstić information content (AvgIpc) is 2.56. The minimum atomic E-state index is 0.323. The van der Waals surface area contributed by atoms with Crippen LogP contribution in [-0.2, 0) is 6.42 Å². The molecule has 0 unspecified atom stereocenters. The molecule has 2 rings (SSSR count). The van der Waals surface area contributed by atoms with Crippen molar-refractivity contribution in [1.29, 1.82) is 5.26 Å². The number of hydrogen-bond donors (Lipinski definition) is 1. The first-order valence-electron chi connectivity index (χ1n) is 3.99. The number of phenolic OH excluding ortho intramolecular Hbond substituents is 1. The Kier molecular flexibility index (Phi) is 2.61.